The molecule has 0 amide bonds. The number of hydrogen-bond acceptors (Lipinski definition) is 4. The summed E-state index contributed by atoms with van der Waals surface area (Å²) in [5.74, 6) is 1.55. The smallest absolute Gasteiger partial charge is 0.131 e. The van der Waals surface area contributed by atoms with Crippen molar-refractivity contribution < 1.29 is 5.11 Å². The molecule has 4 nitrogen and oxygen atoms in total. The van der Waals surface area contributed by atoms with Crippen molar-refractivity contribution in [3.8, 4) is 0 Å². The second-order valence-electron chi connectivity index (χ2n) is 6.91. The van der Waals surface area contributed by atoms with Gasteiger partial charge < -0.3 is 5.11 Å². The molecule has 1 N–H and O–H groups in total. The van der Waals surface area contributed by atoms with E-state index in [1.54, 1.807) is 0 Å². The summed E-state index contributed by atoms with van der Waals surface area (Å²) in [5, 5.41) is 10.3. The summed E-state index contributed by atoms with van der Waals surface area (Å²) in [6.07, 6.45) is 9.82. The molecule has 1 aliphatic carbocycles. The van der Waals surface area contributed by atoms with Crippen LogP contribution in [0.3, 0.4) is 0 Å². The number of likely N-dealkylation sites (N-methyl/N-ethyl adjacent to an activating group) is 1. The van der Waals surface area contributed by atoms with E-state index in [0.29, 0.717) is 12.5 Å². The Balaban J connectivity index is 1.53. The Morgan fingerprint density at radius 3 is 2.42 bits per heavy atom. The monoisotopic (exact) mass is 325 g/mol. The molecular formula is C20H27N3O. The number of aromatic nitrogens is 2. The summed E-state index contributed by atoms with van der Waals surface area (Å²) in [6, 6.07) is 9.79. The zero-order valence-electron chi connectivity index (χ0n) is 14.4. The van der Waals surface area contributed by atoms with Gasteiger partial charge in [0.05, 0.1) is 6.10 Å². The standard InChI is InChI=1S/C20H27N3O/c1-23(15-19(24)17-8-4-2-5-9-17)14-16-12-21-20(22-13-16)18-10-6-3-7-11-18/h2,4-5,8-9,12-13,18-19,24H,3,6-7,10-11,14-15H2,1H3. The largest absolute Gasteiger partial charge is 0.387 e. The predicted octanol–water partition coefficient (Wildman–Crippen LogP) is 3.69. The minimum atomic E-state index is -0.473. The highest BCUT2D eigenvalue weighted by molar-refractivity contribution is 5.17. The van der Waals surface area contributed by atoms with Crippen molar-refractivity contribution in [2.75, 3.05) is 13.6 Å². The third-order valence-electron chi connectivity index (χ3n) is 4.82. The summed E-state index contributed by atoms with van der Waals surface area (Å²) in [4.78, 5) is 11.3. The Hall–Kier alpha value is -1.78. The van der Waals surface area contributed by atoms with E-state index in [1.807, 2.05) is 49.8 Å². The van der Waals surface area contributed by atoms with Crippen LogP contribution >= 0.6 is 0 Å². The van der Waals surface area contributed by atoms with Crippen molar-refractivity contribution in [2.24, 2.45) is 0 Å². The highest BCUT2D eigenvalue weighted by Crippen LogP contribution is 2.30. The lowest BCUT2D eigenvalue weighted by molar-refractivity contribution is 0.123. The lowest BCUT2D eigenvalue weighted by Gasteiger charge is -2.22. The van der Waals surface area contributed by atoms with E-state index in [2.05, 4.69) is 14.9 Å². The summed E-state index contributed by atoms with van der Waals surface area (Å²) >= 11 is 0. The van der Waals surface area contributed by atoms with Gasteiger partial charge in [-0.2, -0.15) is 0 Å². The number of rotatable bonds is 6. The molecule has 0 aliphatic heterocycles. The van der Waals surface area contributed by atoms with E-state index in [9.17, 15) is 5.11 Å². The van der Waals surface area contributed by atoms with Crippen LogP contribution in [0, 0.1) is 0 Å². The molecule has 1 heterocycles. The molecule has 1 atom stereocenters. The average molecular weight is 325 g/mol. The first-order valence-electron chi connectivity index (χ1n) is 8.95. The summed E-state index contributed by atoms with van der Waals surface area (Å²) < 4.78 is 0. The van der Waals surface area contributed by atoms with Crippen molar-refractivity contribution >= 4 is 0 Å². The first-order valence-corrected chi connectivity index (χ1v) is 8.95. The second-order valence-corrected chi connectivity index (χ2v) is 6.91. The molecule has 2 aromatic rings. The molecule has 0 spiro atoms. The molecule has 1 fully saturated rings. The van der Waals surface area contributed by atoms with Gasteiger partial charge in [0.15, 0.2) is 0 Å². The quantitative estimate of drug-likeness (QED) is 0.880. The summed E-state index contributed by atoms with van der Waals surface area (Å²) in [5.41, 5.74) is 2.05. The minimum Gasteiger partial charge on any atom is -0.387 e. The summed E-state index contributed by atoms with van der Waals surface area (Å²) in [6.45, 7) is 1.34. The lowest BCUT2D eigenvalue weighted by atomic mass is 9.89. The predicted molar refractivity (Wildman–Crippen MR) is 95.6 cm³/mol. The molecule has 3 rings (SSSR count). The minimum absolute atomic E-state index is 0.473. The van der Waals surface area contributed by atoms with Gasteiger partial charge in [0.1, 0.15) is 5.82 Å². The van der Waals surface area contributed by atoms with Gasteiger partial charge in [-0.1, -0.05) is 49.6 Å². The number of benzene rings is 1. The van der Waals surface area contributed by atoms with Gasteiger partial charge in [0.2, 0.25) is 0 Å². The summed E-state index contributed by atoms with van der Waals surface area (Å²) in [7, 11) is 2.02. The Bertz CT molecular complexity index is 609. The lowest BCUT2D eigenvalue weighted by Crippen LogP contribution is -2.24. The van der Waals surface area contributed by atoms with Gasteiger partial charge in [-0.05, 0) is 25.5 Å². The van der Waals surface area contributed by atoms with E-state index in [-0.39, 0.29) is 0 Å². The maximum Gasteiger partial charge on any atom is 0.131 e. The molecule has 0 saturated heterocycles. The fraction of sp³-hybridized carbons (Fsp3) is 0.500. The number of hydrogen-bond donors (Lipinski definition) is 1. The molecule has 0 radical (unpaired) electrons. The van der Waals surface area contributed by atoms with E-state index in [0.717, 1.165) is 23.5 Å². The Morgan fingerprint density at radius 2 is 1.75 bits per heavy atom. The molecule has 4 heteroatoms. The van der Waals surface area contributed by atoms with Crippen LogP contribution in [0.25, 0.3) is 0 Å². The van der Waals surface area contributed by atoms with Crippen molar-refractivity contribution in [1.82, 2.24) is 14.9 Å². The zero-order valence-corrected chi connectivity index (χ0v) is 14.4. The van der Waals surface area contributed by atoms with Crippen LogP contribution < -0.4 is 0 Å². The average Bonchev–Trinajstić information content (AvgIpc) is 2.64. The molecule has 24 heavy (non-hydrogen) atoms. The van der Waals surface area contributed by atoms with Gasteiger partial charge in [0.25, 0.3) is 0 Å². The molecule has 1 aromatic carbocycles. The topological polar surface area (TPSA) is 49.2 Å². The SMILES string of the molecule is CN(Cc1cnc(C2CCCCC2)nc1)CC(O)c1ccccc1. The van der Waals surface area contributed by atoms with Crippen molar-refractivity contribution in [3.63, 3.8) is 0 Å². The highest BCUT2D eigenvalue weighted by atomic mass is 16.3. The van der Waals surface area contributed by atoms with Crippen LogP contribution in [0.1, 0.15) is 61.1 Å². The third kappa shape index (κ3) is 4.62. The van der Waals surface area contributed by atoms with E-state index >= 15 is 0 Å². The molecule has 1 aliphatic rings. The Labute approximate surface area is 144 Å². The van der Waals surface area contributed by atoms with Crippen LogP contribution in [0.2, 0.25) is 0 Å². The number of aliphatic hydroxyl groups is 1. The van der Waals surface area contributed by atoms with Gasteiger partial charge in [-0.3, -0.25) is 4.90 Å². The normalized spacial score (nSPS) is 17.1. The molecule has 1 saturated carbocycles. The van der Waals surface area contributed by atoms with Gasteiger partial charge in [-0.25, -0.2) is 9.97 Å². The first kappa shape index (κ1) is 17.1. The zero-order chi connectivity index (χ0) is 16.8. The number of nitrogens with zero attached hydrogens (tertiary/aromatic N) is 3. The van der Waals surface area contributed by atoms with Gasteiger partial charge >= 0.3 is 0 Å². The van der Waals surface area contributed by atoms with E-state index in [1.165, 1.54) is 32.1 Å². The maximum absolute atomic E-state index is 10.3. The Kier molecular flexibility index (Phi) is 5.94. The Morgan fingerprint density at radius 1 is 1.08 bits per heavy atom. The molecular weight excluding hydrogens is 298 g/mol. The van der Waals surface area contributed by atoms with Crippen LogP contribution in [-0.4, -0.2) is 33.6 Å². The van der Waals surface area contributed by atoms with Crippen LogP contribution in [0.15, 0.2) is 42.7 Å². The molecule has 128 valence electrons. The van der Waals surface area contributed by atoms with Crippen LogP contribution in [-0.2, 0) is 6.54 Å². The third-order valence-corrected chi connectivity index (χ3v) is 4.82. The fourth-order valence-corrected chi connectivity index (χ4v) is 3.47. The number of aliphatic hydroxyl groups excluding tert-OH is 1. The van der Waals surface area contributed by atoms with Gasteiger partial charge in [-0.15, -0.1) is 0 Å². The van der Waals surface area contributed by atoms with Crippen molar-refractivity contribution in [1.29, 1.82) is 0 Å². The second kappa shape index (κ2) is 8.36. The molecule has 0 bridgehead atoms. The highest BCUT2D eigenvalue weighted by Gasteiger charge is 2.18. The maximum atomic E-state index is 10.3. The van der Waals surface area contributed by atoms with Crippen molar-refractivity contribution in [2.45, 2.75) is 50.7 Å². The molecule has 1 unspecified atom stereocenters. The van der Waals surface area contributed by atoms with Crippen LogP contribution in [0.4, 0.5) is 0 Å². The van der Waals surface area contributed by atoms with Gasteiger partial charge in [0, 0.05) is 37.0 Å². The van der Waals surface area contributed by atoms with Crippen molar-refractivity contribution in [3.05, 3.63) is 59.7 Å². The van der Waals surface area contributed by atoms with E-state index < -0.39 is 6.10 Å². The van der Waals surface area contributed by atoms with Crippen LogP contribution in [0.5, 0.6) is 0 Å². The first-order chi connectivity index (χ1) is 11.7. The molecule has 1 aromatic heterocycles. The fourth-order valence-electron chi connectivity index (χ4n) is 3.47. The van der Waals surface area contributed by atoms with E-state index in [4.69, 9.17) is 0 Å².